The first kappa shape index (κ1) is 15.6. The van der Waals surface area contributed by atoms with Gasteiger partial charge in [-0.15, -0.1) is 0 Å². The van der Waals surface area contributed by atoms with Gasteiger partial charge in [0.1, 0.15) is 5.76 Å². The number of rotatable bonds is 6. The Morgan fingerprint density at radius 1 is 1.43 bits per heavy atom. The minimum atomic E-state index is -0.859. The van der Waals surface area contributed by atoms with Crippen LogP contribution in [0.4, 0.5) is 0 Å². The van der Waals surface area contributed by atoms with Gasteiger partial charge in [0.05, 0.1) is 18.1 Å². The number of hydrogen-bond acceptors (Lipinski definition) is 3. The lowest BCUT2D eigenvalue weighted by molar-refractivity contribution is -0.146. The fraction of sp³-hybridized carbons (Fsp3) is 0.625. The second-order valence-corrected chi connectivity index (χ2v) is 6.16. The maximum atomic E-state index is 12.3. The summed E-state index contributed by atoms with van der Waals surface area (Å²) in [4.78, 5) is 23.5. The zero-order chi connectivity index (χ0) is 15.4. The molecule has 0 saturated heterocycles. The van der Waals surface area contributed by atoms with Gasteiger partial charge in [0.25, 0.3) is 0 Å². The van der Waals surface area contributed by atoms with Crippen LogP contribution in [-0.4, -0.2) is 23.0 Å². The molecule has 21 heavy (non-hydrogen) atoms. The first-order valence-electron chi connectivity index (χ1n) is 7.53. The molecule has 1 fully saturated rings. The first-order valence-corrected chi connectivity index (χ1v) is 7.53. The highest BCUT2D eigenvalue weighted by atomic mass is 16.4. The number of furan rings is 1. The van der Waals surface area contributed by atoms with Crippen LogP contribution in [0, 0.1) is 17.8 Å². The van der Waals surface area contributed by atoms with Gasteiger partial charge < -0.3 is 14.8 Å². The van der Waals surface area contributed by atoms with Crippen molar-refractivity contribution in [1.29, 1.82) is 0 Å². The van der Waals surface area contributed by atoms with Gasteiger partial charge in [0.2, 0.25) is 5.91 Å². The van der Waals surface area contributed by atoms with Crippen molar-refractivity contribution in [1.82, 2.24) is 5.32 Å². The van der Waals surface area contributed by atoms with Gasteiger partial charge in [-0.1, -0.05) is 6.92 Å². The molecular weight excluding hydrogens is 270 g/mol. The largest absolute Gasteiger partial charge is 0.481 e. The number of carbonyl (C=O) groups is 2. The predicted octanol–water partition coefficient (Wildman–Crippen LogP) is 2.46. The molecule has 0 radical (unpaired) electrons. The van der Waals surface area contributed by atoms with Crippen LogP contribution in [0.25, 0.3) is 0 Å². The number of hydrogen-bond donors (Lipinski definition) is 2. The minimum Gasteiger partial charge on any atom is -0.481 e. The average Bonchev–Trinajstić information content (AvgIpc) is 3.05. The lowest BCUT2D eigenvalue weighted by atomic mass is 9.95. The van der Waals surface area contributed by atoms with Crippen LogP contribution in [0.3, 0.4) is 0 Å². The van der Waals surface area contributed by atoms with Gasteiger partial charge in [0.15, 0.2) is 0 Å². The third kappa shape index (κ3) is 4.09. The topological polar surface area (TPSA) is 79.5 Å². The molecule has 1 aliphatic carbocycles. The highest BCUT2D eigenvalue weighted by Gasteiger charge is 2.41. The number of aryl methyl sites for hydroxylation is 1. The van der Waals surface area contributed by atoms with E-state index < -0.39 is 17.8 Å². The van der Waals surface area contributed by atoms with E-state index in [0.29, 0.717) is 18.8 Å². The summed E-state index contributed by atoms with van der Waals surface area (Å²) in [5.41, 5.74) is 0. The molecule has 1 heterocycles. The highest BCUT2D eigenvalue weighted by Crippen LogP contribution is 2.36. The van der Waals surface area contributed by atoms with E-state index in [1.807, 2.05) is 26.0 Å². The molecule has 116 valence electrons. The SMILES string of the molecule is CC1C[C@H](C(=O)NC(C)CCc2ccco2)[C@H](C(=O)O)C1. The third-order valence-corrected chi connectivity index (χ3v) is 4.24. The Kier molecular flexibility index (Phi) is 5.04. The summed E-state index contributed by atoms with van der Waals surface area (Å²) >= 11 is 0. The van der Waals surface area contributed by atoms with E-state index in [9.17, 15) is 14.7 Å². The monoisotopic (exact) mass is 293 g/mol. The van der Waals surface area contributed by atoms with Gasteiger partial charge in [-0.3, -0.25) is 9.59 Å². The van der Waals surface area contributed by atoms with Crippen molar-refractivity contribution in [2.75, 3.05) is 0 Å². The summed E-state index contributed by atoms with van der Waals surface area (Å²) in [6.45, 7) is 3.94. The quantitative estimate of drug-likeness (QED) is 0.844. The lowest BCUT2D eigenvalue weighted by Crippen LogP contribution is -2.40. The van der Waals surface area contributed by atoms with Crippen molar-refractivity contribution in [2.45, 2.75) is 45.6 Å². The number of carboxylic acid groups (broad SMARTS) is 1. The van der Waals surface area contributed by atoms with Crippen LogP contribution in [-0.2, 0) is 16.0 Å². The summed E-state index contributed by atoms with van der Waals surface area (Å²) in [5, 5.41) is 12.2. The average molecular weight is 293 g/mol. The van der Waals surface area contributed by atoms with Crippen LogP contribution in [0.15, 0.2) is 22.8 Å². The minimum absolute atomic E-state index is 0.00736. The molecule has 1 saturated carbocycles. The zero-order valence-electron chi connectivity index (χ0n) is 12.5. The number of carboxylic acids is 1. The number of aliphatic carboxylic acids is 1. The predicted molar refractivity (Wildman–Crippen MR) is 77.6 cm³/mol. The van der Waals surface area contributed by atoms with Crippen LogP contribution in [0.5, 0.6) is 0 Å². The maximum absolute atomic E-state index is 12.3. The standard InChI is InChI=1S/C16H23NO4/c1-10-8-13(14(9-10)16(19)20)15(18)17-11(2)5-6-12-4-3-7-21-12/h3-4,7,10-11,13-14H,5-6,8-9H2,1-2H3,(H,17,18)(H,19,20)/t10?,11?,13-,14+/m0/s1. The van der Waals surface area contributed by atoms with E-state index in [1.165, 1.54) is 0 Å². The van der Waals surface area contributed by atoms with Crippen LogP contribution in [0.1, 0.15) is 38.9 Å². The van der Waals surface area contributed by atoms with Gasteiger partial charge in [0, 0.05) is 12.5 Å². The molecule has 2 rings (SSSR count). The van der Waals surface area contributed by atoms with Crippen molar-refractivity contribution in [3.8, 4) is 0 Å². The molecule has 0 aliphatic heterocycles. The number of carbonyl (C=O) groups excluding carboxylic acids is 1. The Hall–Kier alpha value is -1.78. The lowest BCUT2D eigenvalue weighted by Gasteiger charge is -2.19. The van der Waals surface area contributed by atoms with E-state index in [-0.39, 0.29) is 11.9 Å². The van der Waals surface area contributed by atoms with E-state index in [1.54, 1.807) is 6.26 Å². The second-order valence-electron chi connectivity index (χ2n) is 6.16. The van der Waals surface area contributed by atoms with Crippen molar-refractivity contribution >= 4 is 11.9 Å². The molecule has 0 spiro atoms. The zero-order valence-corrected chi connectivity index (χ0v) is 12.5. The molecule has 1 amide bonds. The van der Waals surface area contributed by atoms with E-state index in [4.69, 9.17) is 4.42 Å². The summed E-state index contributed by atoms with van der Waals surface area (Å²) in [6, 6.07) is 3.76. The number of nitrogens with one attached hydrogen (secondary N) is 1. The Labute approximate surface area is 124 Å². The first-order chi connectivity index (χ1) is 9.97. The van der Waals surface area contributed by atoms with E-state index >= 15 is 0 Å². The van der Waals surface area contributed by atoms with Crippen molar-refractivity contribution in [3.05, 3.63) is 24.2 Å². The maximum Gasteiger partial charge on any atom is 0.307 e. The fourth-order valence-corrected chi connectivity index (χ4v) is 3.09. The van der Waals surface area contributed by atoms with Gasteiger partial charge in [-0.25, -0.2) is 0 Å². The van der Waals surface area contributed by atoms with Crippen LogP contribution < -0.4 is 5.32 Å². The van der Waals surface area contributed by atoms with Gasteiger partial charge >= 0.3 is 5.97 Å². The fourth-order valence-electron chi connectivity index (χ4n) is 3.09. The Bertz CT molecular complexity index is 482. The molecule has 5 nitrogen and oxygen atoms in total. The molecule has 2 N–H and O–H groups in total. The summed E-state index contributed by atoms with van der Waals surface area (Å²) in [7, 11) is 0. The highest BCUT2D eigenvalue weighted by molar-refractivity contribution is 5.85. The summed E-state index contributed by atoms with van der Waals surface area (Å²) in [6.07, 6.45) is 4.43. The Balaban J connectivity index is 1.83. The second kappa shape index (κ2) is 6.78. The normalized spacial score (nSPS) is 26.5. The molecule has 2 unspecified atom stereocenters. The summed E-state index contributed by atoms with van der Waals surface area (Å²) < 4.78 is 5.26. The molecule has 0 aromatic carbocycles. The summed E-state index contributed by atoms with van der Waals surface area (Å²) in [5.74, 6) is -0.739. The van der Waals surface area contributed by atoms with E-state index in [0.717, 1.165) is 18.6 Å². The van der Waals surface area contributed by atoms with Gasteiger partial charge in [-0.05, 0) is 44.2 Å². The van der Waals surface area contributed by atoms with Crippen molar-refractivity contribution < 1.29 is 19.1 Å². The van der Waals surface area contributed by atoms with Crippen molar-refractivity contribution in [3.63, 3.8) is 0 Å². The van der Waals surface area contributed by atoms with Gasteiger partial charge in [-0.2, -0.15) is 0 Å². The number of amides is 1. The molecule has 5 heteroatoms. The van der Waals surface area contributed by atoms with Crippen LogP contribution in [0.2, 0.25) is 0 Å². The molecule has 0 bridgehead atoms. The molecule has 1 aromatic heterocycles. The molecular formula is C16H23NO4. The smallest absolute Gasteiger partial charge is 0.307 e. The Morgan fingerprint density at radius 3 is 2.76 bits per heavy atom. The third-order valence-electron chi connectivity index (χ3n) is 4.24. The molecule has 1 aromatic rings. The molecule has 4 atom stereocenters. The van der Waals surface area contributed by atoms with Crippen molar-refractivity contribution in [2.24, 2.45) is 17.8 Å². The molecule has 1 aliphatic rings. The van der Waals surface area contributed by atoms with Crippen LogP contribution >= 0.6 is 0 Å². The Morgan fingerprint density at radius 2 is 2.14 bits per heavy atom. The van der Waals surface area contributed by atoms with E-state index in [2.05, 4.69) is 5.32 Å².